The molecule has 0 aromatic rings. The zero-order chi connectivity index (χ0) is 31.7. The Hall–Kier alpha value is -0.800. The van der Waals surface area contributed by atoms with E-state index in [-0.39, 0.29) is 6.09 Å². The highest BCUT2D eigenvalue weighted by molar-refractivity contribution is 6.17. The lowest BCUT2D eigenvalue weighted by Crippen LogP contribution is -2.36. The van der Waals surface area contributed by atoms with Crippen molar-refractivity contribution >= 4 is 17.7 Å². The Bertz CT molecular complexity index is 585. The molecule has 0 aromatic heterocycles. The number of rotatable bonds is 33. The van der Waals surface area contributed by atoms with Gasteiger partial charge in [-0.15, -0.1) is 11.6 Å². The number of amides is 1. The number of ether oxygens (including phenoxy) is 10. The van der Waals surface area contributed by atoms with Gasteiger partial charge in [-0.25, -0.2) is 4.79 Å². The molecule has 0 fully saturated rings. The quantitative estimate of drug-likeness (QED) is 0.0767. The Morgan fingerprint density at radius 3 is 1.12 bits per heavy atom. The number of carbonyl (C=O) groups is 1. The van der Waals surface area contributed by atoms with E-state index in [0.717, 1.165) is 25.3 Å². The zero-order valence-electron chi connectivity index (χ0n) is 27.3. The van der Waals surface area contributed by atoms with Crippen molar-refractivity contribution < 1.29 is 52.2 Å². The van der Waals surface area contributed by atoms with Gasteiger partial charge in [-0.2, -0.15) is 0 Å². The van der Waals surface area contributed by atoms with Crippen molar-refractivity contribution in [2.24, 2.45) is 0 Å². The molecule has 0 aliphatic carbocycles. The second kappa shape index (κ2) is 32.6. The molecule has 1 amide bonds. The molecule has 0 N–H and O–H groups in total. The molecule has 0 unspecified atom stereocenters. The molecular formula is C30H60ClNO11. The number of halogens is 1. The van der Waals surface area contributed by atoms with E-state index in [4.69, 9.17) is 59.0 Å². The standard InChI is InChI=1S/C30H60ClNO11/c1-30(2,3)43-29(33)32(4)10-12-35-14-16-37-18-20-39-22-24-41-26-28-42-27-25-40-23-21-38-19-17-36-15-13-34-11-8-6-5-7-9-31/h5-28H2,1-4H3. The molecule has 0 aliphatic heterocycles. The summed E-state index contributed by atoms with van der Waals surface area (Å²) < 4.78 is 54.6. The van der Waals surface area contributed by atoms with Crippen molar-refractivity contribution in [1.82, 2.24) is 4.90 Å². The summed E-state index contributed by atoms with van der Waals surface area (Å²) in [5.41, 5.74) is -0.506. The average Bonchev–Trinajstić information content (AvgIpc) is 2.96. The largest absolute Gasteiger partial charge is 0.444 e. The fourth-order valence-corrected chi connectivity index (χ4v) is 3.34. The van der Waals surface area contributed by atoms with Crippen molar-refractivity contribution in [3.8, 4) is 0 Å². The first-order valence-corrected chi connectivity index (χ1v) is 16.1. The molecule has 12 nitrogen and oxygen atoms in total. The predicted octanol–water partition coefficient (Wildman–Crippen LogP) is 3.80. The van der Waals surface area contributed by atoms with Gasteiger partial charge < -0.3 is 52.3 Å². The topological polar surface area (TPSA) is 113 Å². The van der Waals surface area contributed by atoms with Gasteiger partial charge in [0.1, 0.15) is 5.60 Å². The lowest BCUT2D eigenvalue weighted by molar-refractivity contribution is -0.0254. The van der Waals surface area contributed by atoms with E-state index < -0.39 is 5.60 Å². The number of likely N-dealkylation sites (N-methyl/N-ethyl adjacent to an activating group) is 1. The number of alkyl halides is 1. The maximum absolute atomic E-state index is 11.8. The van der Waals surface area contributed by atoms with Crippen LogP contribution in [0.25, 0.3) is 0 Å². The average molecular weight is 646 g/mol. The van der Waals surface area contributed by atoms with Crippen LogP contribution in [-0.2, 0) is 47.4 Å². The SMILES string of the molecule is CN(CCOCCOCCOCCOCCOCCOCCOCCOCCOCCCCCCCl)C(=O)OC(C)(C)C. The normalized spacial score (nSPS) is 11.7. The molecule has 0 spiro atoms. The van der Waals surface area contributed by atoms with Crippen LogP contribution in [0, 0.1) is 0 Å². The van der Waals surface area contributed by atoms with Gasteiger partial charge in [-0.1, -0.05) is 12.8 Å². The van der Waals surface area contributed by atoms with E-state index in [1.54, 1.807) is 7.05 Å². The maximum atomic E-state index is 11.8. The van der Waals surface area contributed by atoms with Gasteiger partial charge in [0.15, 0.2) is 0 Å². The highest BCUT2D eigenvalue weighted by atomic mass is 35.5. The summed E-state index contributed by atoms with van der Waals surface area (Å²) >= 11 is 5.65. The van der Waals surface area contributed by atoms with Crippen molar-refractivity contribution in [2.45, 2.75) is 52.1 Å². The van der Waals surface area contributed by atoms with Crippen LogP contribution in [0.5, 0.6) is 0 Å². The molecule has 13 heteroatoms. The van der Waals surface area contributed by atoms with Crippen LogP contribution in [0.15, 0.2) is 0 Å². The fraction of sp³-hybridized carbons (Fsp3) is 0.967. The van der Waals surface area contributed by atoms with Crippen LogP contribution >= 0.6 is 11.6 Å². The van der Waals surface area contributed by atoms with Crippen LogP contribution < -0.4 is 0 Å². The molecule has 0 saturated carbocycles. The van der Waals surface area contributed by atoms with E-state index in [2.05, 4.69) is 0 Å². The summed E-state index contributed by atoms with van der Waals surface area (Å²) in [4.78, 5) is 13.3. The molecule has 0 aliphatic rings. The second-order valence-electron chi connectivity index (χ2n) is 10.5. The Labute approximate surface area is 265 Å². The van der Waals surface area contributed by atoms with E-state index in [9.17, 15) is 4.79 Å². The minimum Gasteiger partial charge on any atom is -0.444 e. The van der Waals surface area contributed by atoms with Crippen molar-refractivity contribution in [3.63, 3.8) is 0 Å². The summed E-state index contributed by atoms with van der Waals surface area (Å²) in [5, 5.41) is 0. The Morgan fingerprint density at radius 1 is 0.488 bits per heavy atom. The van der Waals surface area contributed by atoms with Crippen LogP contribution in [0.2, 0.25) is 0 Å². The third-order valence-corrected chi connectivity index (χ3v) is 5.69. The van der Waals surface area contributed by atoms with Gasteiger partial charge in [-0.3, -0.25) is 0 Å². The maximum Gasteiger partial charge on any atom is 0.410 e. The lowest BCUT2D eigenvalue weighted by Gasteiger charge is -2.24. The molecule has 0 atom stereocenters. The number of hydrogen-bond acceptors (Lipinski definition) is 11. The van der Waals surface area contributed by atoms with Crippen LogP contribution in [0.4, 0.5) is 4.79 Å². The number of carbonyl (C=O) groups excluding carboxylic acids is 1. The zero-order valence-corrected chi connectivity index (χ0v) is 28.0. The molecule has 0 rings (SSSR count). The highest BCUT2D eigenvalue weighted by Crippen LogP contribution is 2.08. The molecule has 0 aromatic carbocycles. The van der Waals surface area contributed by atoms with E-state index in [1.807, 2.05) is 20.8 Å². The Balaban J connectivity index is 3.14. The van der Waals surface area contributed by atoms with Gasteiger partial charge in [0.2, 0.25) is 0 Å². The first-order valence-electron chi connectivity index (χ1n) is 15.6. The van der Waals surface area contributed by atoms with Crippen molar-refractivity contribution in [1.29, 1.82) is 0 Å². The summed E-state index contributed by atoms with van der Waals surface area (Å²) in [6.07, 6.45) is 4.13. The second-order valence-corrected chi connectivity index (χ2v) is 10.9. The van der Waals surface area contributed by atoms with Crippen LogP contribution in [0.1, 0.15) is 46.5 Å². The van der Waals surface area contributed by atoms with Gasteiger partial charge in [-0.05, 0) is 33.6 Å². The predicted molar refractivity (Wildman–Crippen MR) is 165 cm³/mol. The van der Waals surface area contributed by atoms with E-state index >= 15 is 0 Å². The van der Waals surface area contributed by atoms with Gasteiger partial charge in [0.25, 0.3) is 0 Å². The number of hydrogen-bond donors (Lipinski definition) is 0. The minimum atomic E-state index is -0.506. The molecular weight excluding hydrogens is 586 g/mol. The third kappa shape index (κ3) is 35.6. The Kier molecular flexibility index (Phi) is 32.0. The first-order chi connectivity index (χ1) is 20.9. The molecule has 0 bridgehead atoms. The van der Waals surface area contributed by atoms with Crippen LogP contribution in [0.3, 0.4) is 0 Å². The Morgan fingerprint density at radius 2 is 0.791 bits per heavy atom. The smallest absolute Gasteiger partial charge is 0.410 e. The molecule has 0 heterocycles. The van der Waals surface area contributed by atoms with Crippen molar-refractivity contribution in [3.05, 3.63) is 0 Å². The first kappa shape index (κ1) is 42.2. The molecule has 258 valence electrons. The van der Waals surface area contributed by atoms with Gasteiger partial charge in [0.05, 0.1) is 112 Å². The number of unbranched alkanes of at least 4 members (excludes halogenated alkanes) is 3. The summed E-state index contributed by atoms with van der Waals surface area (Å²) in [6, 6.07) is 0. The molecule has 0 saturated heterocycles. The van der Waals surface area contributed by atoms with E-state index in [0.29, 0.717) is 119 Å². The minimum absolute atomic E-state index is 0.361. The van der Waals surface area contributed by atoms with Crippen molar-refractivity contribution in [2.75, 3.05) is 138 Å². The summed E-state index contributed by atoms with van der Waals surface area (Å²) in [7, 11) is 1.68. The lowest BCUT2D eigenvalue weighted by atomic mass is 10.2. The fourth-order valence-electron chi connectivity index (χ4n) is 3.15. The molecule has 43 heavy (non-hydrogen) atoms. The highest BCUT2D eigenvalue weighted by Gasteiger charge is 2.19. The van der Waals surface area contributed by atoms with E-state index in [1.165, 1.54) is 17.7 Å². The third-order valence-electron chi connectivity index (χ3n) is 5.42. The number of nitrogens with zero attached hydrogens (tertiary/aromatic N) is 1. The van der Waals surface area contributed by atoms with Gasteiger partial charge >= 0.3 is 6.09 Å². The summed E-state index contributed by atoms with van der Waals surface area (Å²) in [5.74, 6) is 0.742. The van der Waals surface area contributed by atoms with Crippen LogP contribution in [-0.4, -0.2) is 155 Å². The monoisotopic (exact) mass is 645 g/mol. The summed E-state index contributed by atoms with van der Waals surface area (Å²) in [6.45, 7) is 15.4. The molecule has 0 radical (unpaired) electrons. The van der Waals surface area contributed by atoms with Gasteiger partial charge in [0, 0.05) is 26.1 Å².